The van der Waals surface area contributed by atoms with E-state index in [2.05, 4.69) is 0 Å². The second kappa shape index (κ2) is 3.54. The van der Waals surface area contributed by atoms with Gasteiger partial charge in [-0.2, -0.15) is 0 Å². The molecule has 0 fully saturated rings. The molecule has 0 radical (unpaired) electrons. The summed E-state index contributed by atoms with van der Waals surface area (Å²) in [5, 5.41) is 20.0. The highest BCUT2D eigenvalue weighted by molar-refractivity contribution is 6.54. The summed E-state index contributed by atoms with van der Waals surface area (Å²) < 4.78 is 0. The first-order valence-corrected chi connectivity index (χ1v) is 4.81. The predicted molar refractivity (Wildman–Crippen MR) is 58.0 cm³/mol. The minimum absolute atomic E-state index is 0.112. The van der Waals surface area contributed by atoms with Crippen molar-refractivity contribution in [3.8, 4) is 0 Å². The Hall–Kier alpha value is -1.56. The van der Waals surface area contributed by atoms with Crippen LogP contribution in [0.25, 0.3) is 0 Å². The van der Waals surface area contributed by atoms with Gasteiger partial charge >= 0.3 is 7.05 Å². The molecule has 1 aliphatic rings. The van der Waals surface area contributed by atoms with Crippen molar-refractivity contribution in [2.45, 2.75) is 13.2 Å². The number of nitrogens with zero attached hydrogens (tertiary/aromatic N) is 2. The van der Waals surface area contributed by atoms with E-state index in [1.807, 2.05) is 4.81 Å². The lowest BCUT2D eigenvalue weighted by molar-refractivity contribution is -0.384. The minimum Gasteiger partial charge on any atom is -0.432 e. The van der Waals surface area contributed by atoms with Gasteiger partial charge in [0.1, 0.15) is 0 Å². The lowest BCUT2D eigenvalue weighted by Gasteiger charge is -2.19. The Kier molecular flexibility index (Phi) is 2.36. The number of benzene rings is 1. The van der Waals surface area contributed by atoms with Gasteiger partial charge in [-0.05, 0) is 24.9 Å². The van der Waals surface area contributed by atoms with Gasteiger partial charge in [-0.1, -0.05) is 0 Å². The molecule has 1 aromatic carbocycles. The van der Waals surface area contributed by atoms with Gasteiger partial charge in [0.25, 0.3) is 5.69 Å². The summed E-state index contributed by atoms with van der Waals surface area (Å²) in [6.45, 7) is 2.41. The Labute approximate surface area is 87.6 Å². The first kappa shape index (κ1) is 9.98. The van der Waals surface area contributed by atoms with Crippen LogP contribution >= 0.6 is 0 Å². The zero-order valence-electron chi connectivity index (χ0n) is 8.38. The van der Waals surface area contributed by atoms with E-state index in [0.29, 0.717) is 6.54 Å². The molecule has 2 rings (SSSR count). The molecule has 5 nitrogen and oxygen atoms in total. The number of hydrogen-bond acceptors (Lipinski definition) is 4. The first-order chi connectivity index (χ1) is 7.09. The highest BCUT2D eigenvalue weighted by atomic mass is 16.6. The molecule has 0 bridgehead atoms. The summed E-state index contributed by atoms with van der Waals surface area (Å²) in [6, 6.07) is 4.75. The van der Waals surface area contributed by atoms with Crippen LogP contribution < -0.4 is 4.81 Å². The fraction of sp³-hybridized carbons (Fsp3) is 0.333. The average Bonchev–Trinajstić information content (AvgIpc) is 2.59. The quantitative estimate of drug-likeness (QED) is 0.446. The molecular formula is C9H11BN2O3. The molecule has 0 saturated heterocycles. The molecule has 1 aliphatic heterocycles. The molecule has 0 amide bonds. The van der Waals surface area contributed by atoms with Crippen molar-refractivity contribution in [2.75, 3.05) is 11.4 Å². The van der Waals surface area contributed by atoms with Crippen LogP contribution in [0.5, 0.6) is 0 Å². The van der Waals surface area contributed by atoms with Crippen molar-refractivity contribution in [2.24, 2.45) is 0 Å². The fourth-order valence-electron chi connectivity index (χ4n) is 1.92. The Morgan fingerprint density at radius 1 is 1.60 bits per heavy atom. The molecule has 0 saturated carbocycles. The van der Waals surface area contributed by atoms with E-state index in [1.165, 1.54) is 6.07 Å². The van der Waals surface area contributed by atoms with Crippen LogP contribution in [-0.2, 0) is 6.42 Å². The average molecular weight is 206 g/mol. The van der Waals surface area contributed by atoms with E-state index >= 15 is 0 Å². The summed E-state index contributed by atoms with van der Waals surface area (Å²) in [6.07, 6.45) is 0.752. The van der Waals surface area contributed by atoms with Gasteiger partial charge in [-0.25, -0.2) is 0 Å². The van der Waals surface area contributed by atoms with Crippen molar-refractivity contribution in [3.05, 3.63) is 33.9 Å². The molecule has 0 aromatic heterocycles. The van der Waals surface area contributed by atoms with Crippen molar-refractivity contribution >= 4 is 18.4 Å². The van der Waals surface area contributed by atoms with E-state index in [0.717, 1.165) is 17.7 Å². The van der Waals surface area contributed by atoms with Gasteiger partial charge in [-0.3, -0.25) is 10.1 Å². The Morgan fingerprint density at radius 3 is 2.93 bits per heavy atom. The molecule has 1 heterocycles. The standard InChI is InChI=1S/C9H11BN2O3/c1-10(13)11-5-4-7-6-8(12(14)15)2-3-9(7)11/h2-3,6,13H,4-5H2,1H3. The highest BCUT2D eigenvalue weighted by Crippen LogP contribution is 2.31. The molecule has 0 aliphatic carbocycles. The maximum absolute atomic E-state index is 10.6. The van der Waals surface area contributed by atoms with Gasteiger partial charge in [0.2, 0.25) is 0 Å². The normalized spacial score (nSPS) is 13.9. The van der Waals surface area contributed by atoms with Gasteiger partial charge in [0.05, 0.1) is 4.92 Å². The van der Waals surface area contributed by atoms with Crippen molar-refractivity contribution in [1.29, 1.82) is 0 Å². The van der Waals surface area contributed by atoms with Gasteiger partial charge in [-0.15, -0.1) is 0 Å². The second-order valence-electron chi connectivity index (χ2n) is 3.65. The van der Waals surface area contributed by atoms with Gasteiger partial charge in [0.15, 0.2) is 0 Å². The summed E-state index contributed by atoms with van der Waals surface area (Å²) in [5.41, 5.74) is 1.95. The molecule has 15 heavy (non-hydrogen) atoms. The van der Waals surface area contributed by atoms with Crippen molar-refractivity contribution < 1.29 is 9.95 Å². The number of hydrogen-bond donors (Lipinski definition) is 1. The lowest BCUT2D eigenvalue weighted by Crippen LogP contribution is -2.35. The van der Waals surface area contributed by atoms with Crippen molar-refractivity contribution in [1.82, 2.24) is 0 Å². The molecule has 1 aromatic rings. The molecule has 0 unspecified atom stereocenters. The number of anilines is 1. The maximum Gasteiger partial charge on any atom is 0.409 e. The molecule has 0 spiro atoms. The van der Waals surface area contributed by atoms with Crippen LogP contribution in [0.4, 0.5) is 11.4 Å². The zero-order valence-corrected chi connectivity index (χ0v) is 8.38. The van der Waals surface area contributed by atoms with Crippen LogP contribution in [0.15, 0.2) is 18.2 Å². The van der Waals surface area contributed by atoms with Gasteiger partial charge < -0.3 is 9.83 Å². The fourth-order valence-corrected chi connectivity index (χ4v) is 1.92. The van der Waals surface area contributed by atoms with Crippen LogP contribution in [0, 0.1) is 10.1 Å². The lowest BCUT2D eigenvalue weighted by atomic mass is 9.85. The molecule has 78 valence electrons. The summed E-state index contributed by atoms with van der Waals surface area (Å²) in [7, 11) is -0.548. The number of non-ortho nitro benzene ring substituents is 1. The first-order valence-electron chi connectivity index (χ1n) is 4.81. The molecule has 6 heteroatoms. The molecular weight excluding hydrogens is 195 g/mol. The van der Waals surface area contributed by atoms with E-state index in [4.69, 9.17) is 0 Å². The van der Waals surface area contributed by atoms with Crippen LogP contribution in [0.3, 0.4) is 0 Å². The Balaban J connectivity index is 2.37. The van der Waals surface area contributed by atoms with E-state index in [1.54, 1.807) is 19.0 Å². The third-order valence-corrected chi connectivity index (χ3v) is 2.66. The Morgan fingerprint density at radius 2 is 2.33 bits per heavy atom. The SMILES string of the molecule is CB(O)N1CCc2cc([N+](=O)[O-])ccc21. The molecule has 1 N–H and O–H groups in total. The third-order valence-electron chi connectivity index (χ3n) is 2.66. The van der Waals surface area contributed by atoms with Crippen LogP contribution in [0.2, 0.25) is 6.82 Å². The smallest absolute Gasteiger partial charge is 0.409 e. The third kappa shape index (κ3) is 1.68. The number of nitro benzene ring substituents is 1. The monoisotopic (exact) mass is 206 g/mol. The van der Waals surface area contributed by atoms with Gasteiger partial charge in [0, 0.05) is 24.4 Å². The van der Waals surface area contributed by atoms with E-state index < -0.39 is 12.0 Å². The summed E-state index contributed by atoms with van der Waals surface area (Å²) in [4.78, 5) is 12.0. The van der Waals surface area contributed by atoms with Crippen LogP contribution in [-0.4, -0.2) is 23.5 Å². The van der Waals surface area contributed by atoms with E-state index in [9.17, 15) is 15.1 Å². The summed E-state index contributed by atoms with van der Waals surface area (Å²) >= 11 is 0. The second-order valence-corrected chi connectivity index (χ2v) is 3.65. The number of nitro groups is 1. The predicted octanol–water partition coefficient (Wildman–Crippen LogP) is 1.07. The maximum atomic E-state index is 10.6. The van der Waals surface area contributed by atoms with E-state index in [-0.39, 0.29) is 5.69 Å². The number of rotatable bonds is 2. The number of fused-ring (bicyclic) bond motifs is 1. The highest BCUT2D eigenvalue weighted by Gasteiger charge is 2.26. The Bertz CT molecular complexity index is 408. The molecule has 0 atom stereocenters. The van der Waals surface area contributed by atoms with Crippen molar-refractivity contribution in [3.63, 3.8) is 0 Å². The summed E-state index contributed by atoms with van der Waals surface area (Å²) in [5.74, 6) is 0. The minimum atomic E-state index is -0.548. The van der Waals surface area contributed by atoms with Crippen LogP contribution in [0.1, 0.15) is 5.56 Å². The largest absolute Gasteiger partial charge is 0.432 e. The zero-order chi connectivity index (χ0) is 11.0. The topological polar surface area (TPSA) is 66.6 Å².